The Hall–Kier alpha value is -1.51. The van der Waals surface area contributed by atoms with Gasteiger partial charge in [-0.05, 0) is 42.5 Å². The van der Waals surface area contributed by atoms with Crippen LogP contribution in [0.5, 0.6) is 0 Å². The third-order valence-electron chi connectivity index (χ3n) is 3.71. The number of hydrogen-bond donors (Lipinski definition) is 1. The SMILES string of the molecule is O=C(NC(c1ccccc1)C1CC1)c1cc(Cl)ccc1Cl. The van der Waals surface area contributed by atoms with E-state index in [-0.39, 0.29) is 11.9 Å². The second-order valence-electron chi connectivity index (χ2n) is 5.32. The van der Waals surface area contributed by atoms with Crippen molar-refractivity contribution in [3.05, 3.63) is 69.7 Å². The van der Waals surface area contributed by atoms with Crippen LogP contribution < -0.4 is 5.32 Å². The molecule has 1 saturated carbocycles. The van der Waals surface area contributed by atoms with E-state index in [0.29, 0.717) is 21.5 Å². The van der Waals surface area contributed by atoms with Gasteiger partial charge in [0.15, 0.2) is 0 Å². The second kappa shape index (κ2) is 6.08. The van der Waals surface area contributed by atoms with Gasteiger partial charge >= 0.3 is 0 Å². The summed E-state index contributed by atoms with van der Waals surface area (Å²) in [4.78, 5) is 12.5. The van der Waals surface area contributed by atoms with E-state index in [2.05, 4.69) is 5.32 Å². The van der Waals surface area contributed by atoms with E-state index in [1.54, 1.807) is 18.2 Å². The smallest absolute Gasteiger partial charge is 0.253 e. The Bertz CT molecular complexity index is 653. The van der Waals surface area contributed by atoms with Gasteiger partial charge in [-0.2, -0.15) is 0 Å². The van der Waals surface area contributed by atoms with Crippen molar-refractivity contribution in [2.45, 2.75) is 18.9 Å². The van der Waals surface area contributed by atoms with E-state index in [1.165, 1.54) is 0 Å². The molecule has 1 amide bonds. The maximum atomic E-state index is 12.5. The van der Waals surface area contributed by atoms with Crippen LogP contribution >= 0.6 is 23.2 Å². The first-order valence-electron chi connectivity index (χ1n) is 6.96. The maximum Gasteiger partial charge on any atom is 0.253 e. The fraction of sp³-hybridized carbons (Fsp3) is 0.235. The molecule has 1 unspecified atom stereocenters. The summed E-state index contributed by atoms with van der Waals surface area (Å²) in [6, 6.07) is 15.0. The third-order valence-corrected chi connectivity index (χ3v) is 4.28. The van der Waals surface area contributed by atoms with Crippen LogP contribution in [-0.4, -0.2) is 5.91 Å². The van der Waals surface area contributed by atoms with Crippen LogP contribution in [0.4, 0.5) is 0 Å². The number of halogens is 2. The molecule has 0 bridgehead atoms. The first kappa shape index (κ1) is 14.4. The molecule has 0 spiro atoms. The van der Waals surface area contributed by atoms with Gasteiger partial charge in [-0.1, -0.05) is 53.5 Å². The molecule has 1 aliphatic carbocycles. The van der Waals surface area contributed by atoms with Gasteiger partial charge in [-0.3, -0.25) is 4.79 Å². The lowest BCUT2D eigenvalue weighted by atomic mass is 10.0. The number of rotatable bonds is 4. The van der Waals surface area contributed by atoms with Crippen LogP contribution in [0, 0.1) is 5.92 Å². The number of hydrogen-bond acceptors (Lipinski definition) is 1. The number of carbonyl (C=O) groups excluding carboxylic acids is 1. The van der Waals surface area contributed by atoms with Gasteiger partial charge in [0.1, 0.15) is 0 Å². The molecule has 0 saturated heterocycles. The highest BCUT2D eigenvalue weighted by Crippen LogP contribution is 2.41. The lowest BCUT2D eigenvalue weighted by molar-refractivity contribution is 0.0932. The van der Waals surface area contributed by atoms with E-state index >= 15 is 0 Å². The zero-order chi connectivity index (χ0) is 14.8. The summed E-state index contributed by atoms with van der Waals surface area (Å²) in [5.74, 6) is 0.331. The van der Waals surface area contributed by atoms with Crippen molar-refractivity contribution in [2.75, 3.05) is 0 Å². The van der Waals surface area contributed by atoms with Crippen molar-refractivity contribution in [2.24, 2.45) is 5.92 Å². The number of amides is 1. The standard InChI is InChI=1S/C17H15Cl2NO/c18-13-8-9-15(19)14(10-13)17(21)20-16(12-6-7-12)11-4-2-1-3-5-11/h1-5,8-10,12,16H,6-7H2,(H,20,21). The highest BCUT2D eigenvalue weighted by atomic mass is 35.5. The molecule has 1 fully saturated rings. The number of benzene rings is 2. The van der Waals surface area contributed by atoms with Crippen LogP contribution in [-0.2, 0) is 0 Å². The summed E-state index contributed by atoms with van der Waals surface area (Å²) in [6.07, 6.45) is 2.28. The Morgan fingerprint density at radius 2 is 1.81 bits per heavy atom. The van der Waals surface area contributed by atoms with E-state index in [4.69, 9.17) is 23.2 Å². The van der Waals surface area contributed by atoms with Crippen LogP contribution in [0.2, 0.25) is 10.0 Å². The summed E-state index contributed by atoms with van der Waals surface area (Å²) in [7, 11) is 0. The monoisotopic (exact) mass is 319 g/mol. The fourth-order valence-corrected chi connectivity index (χ4v) is 2.83. The van der Waals surface area contributed by atoms with Crippen molar-refractivity contribution in [1.82, 2.24) is 5.32 Å². The van der Waals surface area contributed by atoms with Crippen molar-refractivity contribution in [3.63, 3.8) is 0 Å². The zero-order valence-corrected chi connectivity index (χ0v) is 12.9. The van der Waals surface area contributed by atoms with Crippen LogP contribution in [0.3, 0.4) is 0 Å². The van der Waals surface area contributed by atoms with E-state index in [1.807, 2.05) is 30.3 Å². The van der Waals surface area contributed by atoms with E-state index < -0.39 is 0 Å². The average molecular weight is 320 g/mol. The predicted molar refractivity (Wildman–Crippen MR) is 85.8 cm³/mol. The molecule has 0 heterocycles. The maximum absolute atomic E-state index is 12.5. The molecule has 1 N–H and O–H groups in total. The number of carbonyl (C=O) groups is 1. The van der Waals surface area contributed by atoms with Crippen LogP contribution in [0.15, 0.2) is 48.5 Å². The minimum Gasteiger partial charge on any atom is -0.345 e. The van der Waals surface area contributed by atoms with Crippen LogP contribution in [0.25, 0.3) is 0 Å². The van der Waals surface area contributed by atoms with Crippen molar-refractivity contribution in [3.8, 4) is 0 Å². The lowest BCUT2D eigenvalue weighted by Gasteiger charge is -2.19. The van der Waals surface area contributed by atoms with Crippen molar-refractivity contribution < 1.29 is 4.79 Å². The Morgan fingerprint density at radius 3 is 2.48 bits per heavy atom. The average Bonchev–Trinajstić information content (AvgIpc) is 3.32. The molecule has 3 rings (SSSR count). The zero-order valence-electron chi connectivity index (χ0n) is 11.4. The highest BCUT2D eigenvalue weighted by Gasteiger charge is 2.33. The van der Waals surface area contributed by atoms with E-state index in [0.717, 1.165) is 18.4 Å². The molecule has 2 nitrogen and oxygen atoms in total. The summed E-state index contributed by atoms with van der Waals surface area (Å²) < 4.78 is 0. The number of nitrogens with one attached hydrogen (secondary N) is 1. The lowest BCUT2D eigenvalue weighted by Crippen LogP contribution is -2.30. The minimum absolute atomic E-state index is 0.0359. The molecule has 0 aliphatic heterocycles. The first-order valence-corrected chi connectivity index (χ1v) is 7.71. The molecule has 2 aromatic rings. The molecule has 0 aromatic heterocycles. The Labute approximate surface area is 134 Å². The van der Waals surface area contributed by atoms with Crippen molar-refractivity contribution >= 4 is 29.1 Å². The predicted octanol–water partition coefficient (Wildman–Crippen LogP) is 4.87. The van der Waals surface area contributed by atoms with Gasteiger partial charge in [0, 0.05) is 5.02 Å². The largest absolute Gasteiger partial charge is 0.345 e. The van der Waals surface area contributed by atoms with Gasteiger partial charge in [0.25, 0.3) is 5.91 Å². The van der Waals surface area contributed by atoms with Gasteiger partial charge in [0.05, 0.1) is 16.6 Å². The summed E-state index contributed by atoms with van der Waals surface area (Å²) in [5, 5.41) is 4.02. The van der Waals surface area contributed by atoms with Gasteiger partial charge in [-0.25, -0.2) is 0 Å². The van der Waals surface area contributed by atoms with E-state index in [9.17, 15) is 4.79 Å². The van der Waals surface area contributed by atoms with Crippen molar-refractivity contribution in [1.29, 1.82) is 0 Å². The Balaban J connectivity index is 1.83. The molecule has 21 heavy (non-hydrogen) atoms. The fourth-order valence-electron chi connectivity index (χ4n) is 2.45. The summed E-state index contributed by atoms with van der Waals surface area (Å²) >= 11 is 12.0. The molecule has 1 aliphatic rings. The molecule has 4 heteroatoms. The molecule has 2 aromatic carbocycles. The Morgan fingerprint density at radius 1 is 1.10 bits per heavy atom. The topological polar surface area (TPSA) is 29.1 Å². The second-order valence-corrected chi connectivity index (χ2v) is 6.17. The van der Waals surface area contributed by atoms with Gasteiger partial charge in [-0.15, -0.1) is 0 Å². The quantitative estimate of drug-likeness (QED) is 0.855. The molecular weight excluding hydrogens is 305 g/mol. The van der Waals surface area contributed by atoms with Gasteiger partial charge < -0.3 is 5.32 Å². The molecule has 108 valence electrons. The van der Waals surface area contributed by atoms with Crippen LogP contribution in [0.1, 0.15) is 34.8 Å². The normalized spacial score (nSPS) is 15.5. The summed E-state index contributed by atoms with van der Waals surface area (Å²) in [6.45, 7) is 0. The third kappa shape index (κ3) is 3.39. The molecule has 0 radical (unpaired) electrons. The van der Waals surface area contributed by atoms with Gasteiger partial charge in [0.2, 0.25) is 0 Å². The molecule has 1 atom stereocenters. The minimum atomic E-state index is -0.178. The highest BCUT2D eigenvalue weighted by molar-refractivity contribution is 6.35. The summed E-state index contributed by atoms with van der Waals surface area (Å²) in [5.41, 5.74) is 1.55. The first-order chi connectivity index (χ1) is 10.1. The molecular formula is C17H15Cl2NO. The Kier molecular flexibility index (Phi) is 4.18.